The summed E-state index contributed by atoms with van der Waals surface area (Å²) in [6.07, 6.45) is 1.80. The Hall–Kier alpha value is -2.01. The minimum absolute atomic E-state index is 0.249. The highest BCUT2D eigenvalue weighted by Gasteiger charge is 2.31. The largest absolute Gasteiger partial charge is 0.506 e. The molecule has 0 fully saturated rings. The third kappa shape index (κ3) is 5.75. The molecule has 0 radical (unpaired) electrons. The van der Waals surface area contributed by atoms with Gasteiger partial charge in [0.15, 0.2) is 5.75 Å². The summed E-state index contributed by atoms with van der Waals surface area (Å²) in [4.78, 5) is 17.2. The van der Waals surface area contributed by atoms with Crippen molar-refractivity contribution in [2.75, 3.05) is 19.0 Å². The first-order valence-corrected chi connectivity index (χ1v) is 11.5. The average molecular weight is 421 g/mol. The van der Waals surface area contributed by atoms with E-state index in [-0.39, 0.29) is 5.75 Å². The molecule has 1 atom stereocenters. The van der Waals surface area contributed by atoms with Gasteiger partial charge in [-0.15, -0.1) is 0 Å². The molecule has 0 aliphatic carbocycles. The summed E-state index contributed by atoms with van der Waals surface area (Å²) in [6.45, 7) is 7.66. The van der Waals surface area contributed by atoms with Gasteiger partial charge >= 0.3 is 7.60 Å². The van der Waals surface area contributed by atoms with Crippen molar-refractivity contribution in [3.8, 4) is 11.5 Å². The maximum absolute atomic E-state index is 12.3. The zero-order chi connectivity index (χ0) is 21.8. The van der Waals surface area contributed by atoms with Gasteiger partial charge in [0, 0.05) is 14.1 Å². The first kappa shape index (κ1) is 23.3. The Morgan fingerprint density at radius 1 is 1.07 bits per heavy atom. The van der Waals surface area contributed by atoms with E-state index in [0.717, 1.165) is 27.9 Å². The SMILES string of the molecule is CCC(CC)P(=O)(O)OOc1cc(C)c(Cc2ccc(O)c(N(C)C)c2)c(C)c1. The standard InChI is InChI=1S/C22H32NO5P/c1-7-19(8-2)29(25,26)28-27-18-11-15(3)20(16(4)12-18)13-17-9-10-22(24)21(14-17)23(5)6/h9-12,14,19,24H,7-8,13H2,1-6H3,(H,25,26). The Kier molecular flexibility index (Phi) is 7.75. The molecule has 0 amide bonds. The number of nitrogens with zero attached hydrogens (tertiary/aromatic N) is 1. The van der Waals surface area contributed by atoms with Gasteiger partial charge in [0.25, 0.3) is 0 Å². The molecule has 1 unspecified atom stereocenters. The summed E-state index contributed by atoms with van der Waals surface area (Å²) >= 11 is 0. The van der Waals surface area contributed by atoms with Gasteiger partial charge in [-0.25, -0.2) is 0 Å². The van der Waals surface area contributed by atoms with Crippen molar-refractivity contribution in [2.24, 2.45) is 0 Å². The molecule has 7 heteroatoms. The number of hydrogen-bond donors (Lipinski definition) is 2. The van der Waals surface area contributed by atoms with Crippen LogP contribution < -0.4 is 9.79 Å². The van der Waals surface area contributed by atoms with Crippen LogP contribution in [0.3, 0.4) is 0 Å². The van der Waals surface area contributed by atoms with E-state index >= 15 is 0 Å². The number of anilines is 1. The fraction of sp³-hybridized carbons (Fsp3) is 0.455. The molecule has 0 spiro atoms. The third-order valence-electron chi connectivity index (χ3n) is 5.22. The van der Waals surface area contributed by atoms with Crippen molar-refractivity contribution in [1.82, 2.24) is 0 Å². The van der Waals surface area contributed by atoms with Crippen molar-refractivity contribution < 1.29 is 24.1 Å². The molecular weight excluding hydrogens is 389 g/mol. The zero-order valence-corrected chi connectivity index (χ0v) is 19.0. The Bertz CT molecular complexity index is 870. The number of aromatic hydroxyl groups is 1. The van der Waals surface area contributed by atoms with Gasteiger partial charge in [0.1, 0.15) is 5.75 Å². The highest BCUT2D eigenvalue weighted by molar-refractivity contribution is 7.53. The molecule has 0 heterocycles. The topological polar surface area (TPSA) is 79.2 Å². The molecule has 0 aromatic heterocycles. The van der Waals surface area contributed by atoms with Crippen molar-refractivity contribution in [2.45, 2.75) is 52.6 Å². The van der Waals surface area contributed by atoms with E-state index in [2.05, 4.69) is 0 Å². The quantitative estimate of drug-likeness (QED) is 0.323. The van der Waals surface area contributed by atoms with Crippen molar-refractivity contribution in [1.29, 1.82) is 0 Å². The second-order valence-electron chi connectivity index (χ2n) is 7.62. The molecule has 2 N–H and O–H groups in total. The minimum atomic E-state index is -3.84. The highest BCUT2D eigenvalue weighted by Crippen LogP contribution is 2.50. The molecule has 29 heavy (non-hydrogen) atoms. The molecule has 0 saturated carbocycles. The van der Waals surface area contributed by atoms with Crippen LogP contribution in [0.4, 0.5) is 5.69 Å². The first-order chi connectivity index (χ1) is 13.6. The fourth-order valence-electron chi connectivity index (χ4n) is 3.43. The second-order valence-corrected chi connectivity index (χ2v) is 9.63. The molecule has 160 valence electrons. The maximum atomic E-state index is 12.3. The predicted molar refractivity (Wildman–Crippen MR) is 117 cm³/mol. The Labute approximate surface area is 173 Å². The van der Waals surface area contributed by atoms with Gasteiger partial charge in [0.2, 0.25) is 0 Å². The molecule has 0 aliphatic heterocycles. The molecular formula is C22H32NO5P. The summed E-state index contributed by atoms with van der Waals surface area (Å²) < 4.78 is 17.3. The second kappa shape index (κ2) is 9.66. The summed E-state index contributed by atoms with van der Waals surface area (Å²) in [7, 11) is -0.0516. The number of hydrogen-bond acceptors (Lipinski definition) is 5. The zero-order valence-electron chi connectivity index (χ0n) is 18.1. The van der Waals surface area contributed by atoms with Crippen LogP contribution in [0.1, 0.15) is 48.9 Å². The monoisotopic (exact) mass is 421 g/mol. The van der Waals surface area contributed by atoms with Crippen LogP contribution in [-0.2, 0) is 15.7 Å². The minimum Gasteiger partial charge on any atom is -0.506 e. The van der Waals surface area contributed by atoms with Crippen LogP contribution in [-0.4, -0.2) is 29.8 Å². The van der Waals surface area contributed by atoms with Crippen molar-refractivity contribution in [3.63, 3.8) is 0 Å². The van der Waals surface area contributed by atoms with E-state index in [9.17, 15) is 14.6 Å². The van der Waals surface area contributed by atoms with Crippen molar-refractivity contribution in [3.05, 3.63) is 52.6 Å². The van der Waals surface area contributed by atoms with Gasteiger partial charge in [-0.1, -0.05) is 24.6 Å². The number of aryl methyl sites for hydroxylation is 2. The van der Waals surface area contributed by atoms with Gasteiger partial charge < -0.3 is 19.8 Å². The van der Waals surface area contributed by atoms with Gasteiger partial charge in [-0.3, -0.25) is 4.57 Å². The van der Waals surface area contributed by atoms with Crippen LogP contribution >= 0.6 is 7.60 Å². The number of phenolic OH excluding ortho intramolecular Hbond substituents is 1. The molecule has 0 saturated heterocycles. The first-order valence-electron chi connectivity index (χ1n) is 9.87. The third-order valence-corrected chi connectivity index (χ3v) is 7.16. The highest BCUT2D eigenvalue weighted by atomic mass is 31.2. The molecule has 0 bridgehead atoms. The molecule has 2 aromatic carbocycles. The van der Waals surface area contributed by atoms with E-state index < -0.39 is 13.3 Å². The van der Waals surface area contributed by atoms with Gasteiger partial charge in [0.05, 0.1) is 11.3 Å². The lowest BCUT2D eigenvalue weighted by molar-refractivity contribution is -0.111. The summed E-state index contributed by atoms with van der Waals surface area (Å²) in [5, 5.41) is 10.0. The lowest BCUT2D eigenvalue weighted by Crippen LogP contribution is -2.10. The van der Waals surface area contributed by atoms with Crippen LogP contribution in [0.25, 0.3) is 0 Å². The fourth-order valence-corrected chi connectivity index (χ4v) is 4.67. The molecule has 2 aromatic rings. The van der Waals surface area contributed by atoms with E-state index in [1.807, 2.05) is 71.0 Å². The van der Waals surface area contributed by atoms with E-state index in [1.54, 1.807) is 6.07 Å². The van der Waals surface area contributed by atoms with E-state index in [0.29, 0.717) is 25.0 Å². The number of phenols is 1. The summed E-state index contributed by atoms with van der Waals surface area (Å²) in [5.41, 5.74) is 4.54. The molecule has 0 aliphatic rings. The van der Waals surface area contributed by atoms with Crippen LogP contribution in [0.5, 0.6) is 11.5 Å². The van der Waals surface area contributed by atoms with E-state index in [4.69, 9.17) is 9.56 Å². The lowest BCUT2D eigenvalue weighted by atomic mass is 9.95. The van der Waals surface area contributed by atoms with Crippen LogP contribution in [0.15, 0.2) is 30.3 Å². The van der Waals surface area contributed by atoms with Gasteiger partial charge in [-0.2, -0.15) is 0 Å². The number of benzene rings is 2. The summed E-state index contributed by atoms with van der Waals surface area (Å²) in [5.74, 6) is 0.655. The normalized spacial score (nSPS) is 13.4. The van der Waals surface area contributed by atoms with E-state index in [1.165, 1.54) is 0 Å². The van der Waals surface area contributed by atoms with Gasteiger partial charge in [-0.05, 0) is 79.6 Å². The summed E-state index contributed by atoms with van der Waals surface area (Å²) in [6, 6.07) is 9.20. The van der Waals surface area contributed by atoms with Crippen molar-refractivity contribution >= 4 is 13.3 Å². The number of rotatable bonds is 9. The lowest BCUT2D eigenvalue weighted by Gasteiger charge is -2.20. The smallest absolute Gasteiger partial charge is 0.369 e. The Morgan fingerprint density at radius 3 is 2.17 bits per heavy atom. The molecule has 2 rings (SSSR count). The predicted octanol–water partition coefficient (Wildman–Crippen LogP) is 5.35. The maximum Gasteiger partial charge on any atom is 0.369 e. The average Bonchev–Trinajstić information content (AvgIpc) is 2.65. The Balaban J connectivity index is 2.20. The van der Waals surface area contributed by atoms with Crippen LogP contribution in [0, 0.1) is 13.8 Å². The molecule has 6 nitrogen and oxygen atoms in total. The van der Waals surface area contributed by atoms with Crippen LogP contribution in [0.2, 0.25) is 0 Å². The Morgan fingerprint density at radius 2 is 1.66 bits per heavy atom.